The Balaban J connectivity index is 1.74. The van der Waals surface area contributed by atoms with E-state index in [0.717, 1.165) is 30.8 Å². The number of carbonyl (C=O) groups is 1. The van der Waals surface area contributed by atoms with E-state index in [1.165, 1.54) is 5.56 Å². The van der Waals surface area contributed by atoms with Gasteiger partial charge in [-0.25, -0.2) is 0 Å². The Kier molecular flexibility index (Phi) is 3.99. The third kappa shape index (κ3) is 2.96. The van der Waals surface area contributed by atoms with Gasteiger partial charge in [-0.15, -0.1) is 0 Å². The molecule has 2 aliphatic rings. The number of likely N-dealkylation sites (N-methyl/N-ethyl adjacent to an activating group) is 1. The van der Waals surface area contributed by atoms with Gasteiger partial charge in [0.15, 0.2) is 0 Å². The minimum absolute atomic E-state index is 0.119. The van der Waals surface area contributed by atoms with Gasteiger partial charge in [-0.1, -0.05) is 0 Å². The number of nitrogens with one attached hydrogen (secondary N) is 1. The van der Waals surface area contributed by atoms with Gasteiger partial charge < -0.3 is 9.64 Å². The summed E-state index contributed by atoms with van der Waals surface area (Å²) >= 11 is 0. The van der Waals surface area contributed by atoms with Crippen LogP contribution in [0.3, 0.4) is 0 Å². The zero-order valence-corrected chi connectivity index (χ0v) is 13.1. The van der Waals surface area contributed by atoms with Crippen molar-refractivity contribution in [2.45, 2.75) is 38.8 Å². The molecule has 116 valence electrons. The molecule has 6 heteroatoms. The van der Waals surface area contributed by atoms with Gasteiger partial charge in [0, 0.05) is 30.9 Å². The molecular formula is C15H24N4O2. The van der Waals surface area contributed by atoms with Gasteiger partial charge in [-0.3, -0.25) is 14.8 Å². The van der Waals surface area contributed by atoms with Crippen LogP contribution < -0.4 is 0 Å². The van der Waals surface area contributed by atoms with E-state index in [0.29, 0.717) is 25.8 Å². The molecule has 1 saturated carbocycles. The van der Waals surface area contributed by atoms with Crippen LogP contribution in [-0.4, -0.2) is 65.3 Å². The number of morpholine rings is 1. The van der Waals surface area contributed by atoms with E-state index in [1.807, 2.05) is 25.8 Å². The van der Waals surface area contributed by atoms with Crippen LogP contribution in [0.25, 0.3) is 0 Å². The number of hydrogen-bond donors (Lipinski definition) is 1. The summed E-state index contributed by atoms with van der Waals surface area (Å²) < 4.78 is 5.64. The van der Waals surface area contributed by atoms with E-state index in [9.17, 15) is 4.79 Å². The van der Waals surface area contributed by atoms with Crippen molar-refractivity contribution >= 4 is 5.91 Å². The summed E-state index contributed by atoms with van der Waals surface area (Å²) in [4.78, 5) is 16.5. The Morgan fingerprint density at radius 3 is 2.86 bits per heavy atom. The molecule has 3 rings (SSSR count). The Bertz CT molecular complexity index is 504. The van der Waals surface area contributed by atoms with Crippen LogP contribution in [-0.2, 0) is 9.53 Å². The standard InChI is InChI=1S/C15H24N4O2/c1-10-15(11(2)17-16-10)13-9-21-7-6-19(13)8-14(20)18(3)12-4-5-12/h12-13H,4-9H2,1-3H3,(H,16,17). The lowest BCUT2D eigenvalue weighted by Gasteiger charge is -2.36. The number of aromatic nitrogens is 2. The van der Waals surface area contributed by atoms with Gasteiger partial charge in [-0.2, -0.15) is 5.10 Å². The third-order valence-corrected chi connectivity index (χ3v) is 4.58. The molecule has 1 aromatic rings. The Morgan fingerprint density at radius 2 is 2.24 bits per heavy atom. The van der Waals surface area contributed by atoms with Gasteiger partial charge >= 0.3 is 0 Å². The zero-order chi connectivity index (χ0) is 15.0. The number of H-pyrrole nitrogens is 1. The number of aromatic amines is 1. The number of carbonyl (C=O) groups excluding carboxylic acids is 1. The Hall–Kier alpha value is -1.40. The molecule has 1 aromatic heterocycles. The summed E-state index contributed by atoms with van der Waals surface area (Å²) in [7, 11) is 1.92. The zero-order valence-electron chi connectivity index (χ0n) is 13.1. The van der Waals surface area contributed by atoms with Crippen molar-refractivity contribution in [3.63, 3.8) is 0 Å². The molecule has 1 atom stereocenters. The Labute approximate surface area is 125 Å². The lowest BCUT2D eigenvalue weighted by Crippen LogP contribution is -2.46. The average molecular weight is 292 g/mol. The second kappa shape index (κ2) is 5.77. The van der Waals surface area contributed by atoms with E-state index in [1.54, 1.807) is 0 Å². The van der Waals surface area contributed by atoms with Crippen molar-refractivity contribution < 1.29 is 9.53 Å². The molecule has 2 heterocycles. The quantitative estimate of drug-likeness (QED) is 0.900. The maximum Gasteiger partial charge on any atom is 0.236 e. The molecule has 0 bridgehead atoms. The number of hydrogen-bond acceptors (Lipinski definition) is 4. The third-order valence-electron chi connectivity index (χ3n) is 4.58. The van der Waals surface area contributed by atoms with E-state index in [4.69, 9.17) is 4.74 Å². The van der Waals surface area contributed by atoms with Crippen molar-refractivity contribution in [2.75, 3.05) is 33.4 Å². The monoisotopic (exact) mass is 292 g/mol. The van der Waals surface area contributed by atoms with Crippen LogP contribution in [0.1, 0.15) is 35.8 Å². The topological polar surface area (TPSA) is 61.5 Å². The minimum atomic E-state index is 0.119. The number of rotatable bonds is 4. The maximum absolute atomic E-state index is 12.4. The van der Waals surface area contributed by atoms with Crippen LogP contribution >= 0.6 is 0 Å². The molecule has 1 aliphatic heterocycles. The van der Waals surface area contributed by atoms with Crippen LogP contribution in [0, 0.1) is 13.8 Å². The summed E-state index contributed by atoms with van der Waals surface area (Å²) in [6.07, 6.45) is 2.30. The molecule has 0 aromatic carbocycles. The van der Waals surface area contributed by atoms with Crippen LogP contribution in [0.2, 0.25) is 0 Å². The first-order chi connectivity index (χ1) is 10.1. The largest absolute Gasteiger partial charge is 0.378 e. The molecule has 1 unspecified atom stereocenters. The molecular weight excluding hydrogens is 268 g/mol. The minimum Gasteiger partial charge on any atom is -0.378 e. The first-order valence-electron chi connectivity index (χ1n) is 7.67. The van der Waals surface area contributed by atoms with Gasteiger partial charge in [-0.05, 0) is 26.7 Å². The fourth-order valence-corrected chi connectivity index (χ4v) is 3.09. The van der Waals surface area contributed by atoms with Gasteiger partial charge in [0.1, 0.15) is 0 Å². The highest BCUT2D eigenvalue weighted by Crippen LogP contribution is 2.29. The SMILES string of the molecule is Cc1n[nH]c(C)c1C1COCCN1CC(=O)N(C)C1CC1. The maximum atomic E-state index is 12.4. The molecule has 21 heavy (non-hydrogen) atoms. The van der Waals surface area contributed by atoms with Crippen LogP contribution in [0.15, 0.2) is 0 Å². The fourth-order valence-electron chi connectivity index (χ4n) is 3.09. The van der Waals surface area contributed by atoms with Crippen molar-refractivity contribution in [3.8, 4) is 0 Å². The fraction of sp³-hybridized carbons (Fsp3) is 0.733. The normalized spacial score (nSPS) is 23.3. The number of amides is 1. The van der Waals surface area contributed by atoms with Crippen LogP contribution in [0.5, 0.6) is 0 Å². The van der Waals surface area contributed by atoms with Gasteiger partial charge in [0.2, 0.25) is 5.91 Å². The van der Waals surface area contributed by atoms with Crippen molar-refractivity contribution in [1.82, 2.24) is 20.0 Å². The first-order valence-corrected chi connectivity index (χ1v) is 7.67. The van der Waals surface area contributed by atoms with Crippen LogP contribution in [0.4, 0.5) is 0 Å². The van der Waals surface area contributed by atoms with E-state index >= 15 is 0 Å². The number of aryl methyl sites for hydroxylation is 2. The first kappa shape index (κ1) is 14.5. The molecule has 1 N–H and O–H groups in total. The highest BCUT2D eigenvalue weighted by atomic mass is 16.5. The molecule has 1 aliphatic carbocycles. The van der Waals surface area contributed by atoms with E-state index < -0.39 is 0 Å². The lowest BCUT2D eigenvalue weighted by atomic mass is 10.0. The van der Waals surface area contributed by atoms with Gasteiger partial charge in [0.05, 0.1) is 31.5 Å². The smallest absolute Gasteiger partial charge is 0.236 e. The molecule has 6 nitrogen and oxygen atoms in total. The van der Waals surface area contributed by atoms with Crippen molar-refractivity contribution in [1.29, 1.82) is 0 Å². The summed E-state index contributed by atoms with van der Waals surface area (Å²) in [6, 6.07) is 0.587. The van der Waals surface area contributed by atoms with Gasteiger partial charge in [0.25, 0.3) is 0 Å². The van der Waals surface area contributed by atoms with E-state index in [-0.39, 0.29) is 11.9 Å². The second-order valence-electron chi connectivity index (χ2n) is 6.14. The highest BCUT2D eigenvalue weighted by Gasteiger charge is 2.34. The summed E-state index contributed by atoms with van der Waals surface area (Å²) in [5.41, 5.74) is 3.24. The molecule has 0 radical (unpaired) electrons. The number of nitrogens with zero attached hydrogens (tertiary/aromatic N) is 3. The highest BCUT2D eigenvalue weighted by molar-refractivity contribution is 5.78. The average Bonchev–Trinajstić information content (AvgIpc) is 3.26. The second-order valence-corrected chi connectivity index (χ2v) is 6.14. The van der Waals surface area contributed by atoms with Crippen molar-refractivity contribution in [2.24, 2.45) is 0 Å². The Morgan fingerprint density at radius 1 is 1.48 bits per heavy atom. The molecule has 0 spiro atoms. The lowest BCUT2D eigenvalue weighted by molar-refractivity contribution is -0.134. The predicted octanol–water partition coefficient (Wildman–Crippen LogP) is 1.02. The summed E-state index contributed by atoms with van der Waals surface area (Å²) in [6.45, 7) is 6.60. The summed E-state index contributed by atoms with van der Waals surface area (Å²) in [5.74, 6) is 0.211. The van der Waals surface area contributed by atoms with Crippen molar-refractivity contribution in [3.05, 3.63) is 17.0 Å². The molecule has 2 fully saturated rings. The van der Waals surface area contributed by atoms with E-state index in [2.05, 4.69) is 15.1 Å². The molecule has 1 saturated heterocycles. The predicted molar refractivity (Wildman–Crippen MR) is 79.0 cm³/mol. The molecule has 1 amide bonds. The summed E-state index contributed by atoms with van der Waals surface area (Å²) in [5, 5.41) is 7.31. The number of ether oxygens (including phenoxy) is 1.